The van der Waals surface area contributed by atoms with E-state index in [9.17, 15) is 4.79 Å². The Kier molecular flexibility index (Phi) is 4.10. The number of aryl methyl sites for hydroxylation is 1. The van der Waals surface area contributed by atoms with Gasteiger partial charge in [0.05, 0.1) is 6.10 Å². The maximum Gasteiger partial charge on any atom is 0.254 e. The fourth-order valence-corrected chi connectivity index (χ4v) is 2.57. The lowest BCUT2D eigenvalue weighted by Crippen LogP contribution is -2.46. The van der Waals surface area contributed by atoms with E-state index in [2.05, 4.69) is 6.92 Å². The summed E-state index contributed by atoms with van der Waals surface area (Å²) >= 11 is 0. The first kappa shape index (κ1) is 13.9. The number of nitrogens with zero attached hydrogens (tertiary/aromatic N) is 1. The van der Waals surface area contributed by atoms with Crippen LogP contribution in [0.2, 0.25) is 0 Å². The van der Waals surface area contributed by atoms with Crippen LogP contribution in [0.3, 0.4) is 0 Å². The molecule has 0 aliphatic carbocycles. The van der Waals surface area contributed by atoms with E-state index in [4.69, 9.17) is 10.5 Å². The molecule has 104 valence electrons. The predicted molar refractivity (Wildman–Crippen MR) is 76.1 cm³/mol. The number of nitrogen functional groups attached to an aromatic ring is 1. The van der Waals surface area contributed by atoms with Crippen LogP contribution < -0.4 is 5.73 Å². The minimum absolute atomic E-state index is 0.0544. The summed E-state index contributed by atoms with van der Waals surface area (Å²) in [5, 5.41) is 0. The molecule has 0 saturated carbocycles. The number of carbonyl (C=O) groups is 1. The Bertz CT molecular complexity index is 473. The SMILES string of the molecule is COC1CN(C(=O)c2cc(N)ccc2C)CCC1C. The van der Waals surface area contributed by atoms with E-state index >= 15 is 0 Å². The van der Waals surface area contributed by atoms with E-state index in [0.717, 1.165) is 18.5 Å². The second-order valence-electron chi connectivity index (χ2n) is 5.37. The number of ether oxygens (including phenoxy) is 1. The monoisotopic (exact) mass is 262 g/mol. The van der Waals surface area contributed by atoms with Crippen molar-refractivity contribution >= 4 is 11.6 Å². The predicted octanol–water partition coefficient (Wildman–Crippen LogP) is 2.07. The van der Waals surface area contributed by atoms with Gasteiger partial charge in [-0.15, -0.1) is 0 Å². The van der Waals surface area contributed by atoms with Crippen LogP contribution in [-0.2, 0) is 4.74 Å². The molecule has 1 aromatic rings. The summed E-state index contributed by atoms with van der Waals surface area (Å²) in [5.74, 6) is 0.551. The van der Waals surface area contributed by atoms with Crippen molar-refractivity contribution in [3.63, 3.8) is 0 Å². The Labute approximate surface area is 114 Å². The molecule has 1 fully saturated rings. The van der Waals surface area contributed by atoms with Crippen LogP contribution in [0, 0.1) is 12.8 Å². The molecule has 2 atom stereocenters. The summed E-state index contributed by atoms with van der Waals surface area (Å²) in [5.41, 5.74) is 8.07. The lowest BCUT2D eigenvalue weighted by molar-refractivity contribution is -0.00159. The van der Waals surface area contributed by atoms with E-state index in [1.807, 2.05) is 24.0 Å². The third kappa shape index (κ3) is 2.89. The van der Waals surface area contributed by atoms with E-state index in [1.54, 1.807) is 13.2 Å². The van der Waals surface area contributed by atoms with Gasteiger partial charge in [-0.1, -0.05) is 13.0 Å². The number of hydrogen-bond donors (Lipinski definition) is 1. The third-order valence-corrected chi connectivity index (χ3v) is 3.97. The molecule has 2 unspecified atom stereocenters. The van der Waals surface area contributed by atoms with Crippen molar-refractivity contribution in [1.82, 2.24) is 4.90 Å². The largest absolute Gasteiger partial charge is 0.399 e. The molecular formula is C15H22N2O2. The summed E-state index contributed by atoms with van der Waals surface area (Å²) in [6.07, 6.45) is 1.10. The average Bonchev–Trinajstić information content (AvgIpc) is 2.41. The molecule has 1 heterocycles. The zero-order valence-corrected chi connectivity index (χ0v) is 11.8. The molecule has 1 amide bonds. The van der Waals surface area contributed by atoms with Gasteiger partial charge in [-0.3, -0.25) is 4.79 Å². The van der Waals surface area contributed by atoms with Gasteiger partial charge in [0.15, 0.2) is 0 Å². The van der Waals surface area contributed by atoms with Crippen molar-refractivity contribution in [2.75, 3.05) is 25.9 Å². The standard InChI is InChI=1S/C15H22N2O2/c1-10-4-5-12(16)8-13(10)15(18)17-7-6-11(2)14(9-17)19-3/h4-5,8,11,14H,6-7,9,16H2,1-3H3. The number of hydrogen-bond acceptors (Lipinski definition) is 3. The Morgan fingerprint density at radius 2 is 2.21 bits per heavy atom. The van der Waals surface area contributed by atoms with Crippen molar-refractivity contribution in [2.24, 2.45) is 5.92 Å². The molecule has 0 bridgehead atoms. The number of amides is 1. The Balaban J connectivity index is 2.18. The summed E-state index contributed by atoms with van der Waals surface area (Å²) in [6, 6.07) is 5.48. The van der Waals surface area contributed by atoms with Crippen LogP contribution in [0.25, 0.3) is 0 Å². The minimum atomic E-state index is 0.0544. The van der Waals surface area contributed by atoms with Crippen molar-refractivity contribution in [3.8, 4) is 0 Å². The summed E-state index contributed by atoms with van der Waals surface area (Å²) in [6.45, 7) is 5.55. The second kappa shape index (κ2) is 5.61. The van der Waals surface area contributed by atoms with Crippen molar-refractivity contribution in [1.29, 1.82) is 0 Å². The van der Waals surface area contributed by atoms with Gasteiger partial charge in [0, 0.05) is 31.5 Å². The van der Waals surface area contributed by atoms with Gasteiger partial charge in [-0.2, -0.15) is 0 Å². The number of piperidine rings is 1. The number of likely N-dealkylation sites (tertiary alicyclic amines) is 1. The smallest absolute Gasteiger partial charge is 0.254 e. The topological polar surface area (TPSA) is 55.6 Å². The molecule has 1 aliphatic rings. The average molecular weight is 262 g/mol. The van der Waals surface area contributed by atoms with Gasteiger partial charge in [-0.05, 0) is 37.0 Å². The van der Waals surface area contributed by atoms with Crippen molar-refractivity contribution in [3.05, 3.63) is 29.3 Å². The number of nitrogens with two attached hydrogens (primary N) is 1. The fraction of sp³-hybridized carbons (Fsp3) is 0.533. The highest BCUT2D eigenvalue weighted by Crippen LogP contribution is 2.22. The molecule has 0 aromatic heterocycles. The highest BCUT2D eigenvalue weighted by atomic mass is 16.5. The first-order chi connectivity index (χ1) is 9.02. The van der Waals surface area contributed by atoms with Gasteiger partial charge < -0.3 is 15.4 Å². The maximum absolute atomic E-state index is 12.6. The van der Waals surface area contributed by atoms with E-state index < -0.39 is 0 Å². The van der Waals surface area contributed by atoms with Crippen LogP contribution in [0.4, 0.5) is 5.69 Å². The van der Waals surface area contributed by atoms with E-state index in [-0.39, 0.29) is 12.0 Å². The van der Waals surface area contributed by atoms with Crippen LogP contribution in [-0.4, -0.2) is 37.1 Å². The van der Waals surface area contributed by atoms with Crippen molar-refractivity contribution in [2.45, 2.75) is 26.4 Å². The maximum atomic E-state index is 12.6. The van der Waals surface area contributed by atoms with Gasteiger partial charge in [0.2, 0.25) is 0 Å². The molecule has 4 heteroatoms. The zero-order valence-electron chi connectivity index (χ0n) is 11.8. The quantitative estimate of drug-likeness (QED) is 0.830. The summed E-state index contributed by atoms with van der Waals surface area (Å²) in [4.78, 5) is 14.4. The Morgan fingerprint density at radius 1 is 1.47 bits per heavy atom. The van der Waals surface area contributed by atoms with Crippen LogP contribution >= 0.6 is 0 Å². The highest BCUT2D eigenvalue weighted by molar-refractivity contribution is 5.96. The van der Waals surface area contributed by atoms with Gasteiger partial charge >= 0.3 is 0 Å². The van der Waals surface area contributed by atoms with E-state index in [0.29, 0.717) is 23.7 Å². The lowest BCUT2D eigenvalue weighted by Gasteiger charge is -2.36. The van der Waals surface area contributed by atoms with Gasteiger partial charge in [-0.25, -0.2) is 0 Å². The molecule has 2 N–H and O–H groups in total. The van der Waals surface area contributed by atoms with E-state index in [1.165, 1.54) is 0 Å². The first-order valence-electron chi connectivity index (χ1n) is 6.71. The Hall–Kier alpha value is -1.55. The zero-order chi connectivity index (χ0) is 14.0. The molecular weight excluding hydrogens is 240 g/mol. The third-order valence-electron chi connectivity index (χ3n) is 3.97. The summed E-state index contributed by atoms with van der Waals surface area (Å²) in [7, 11) is 1.71. The molecule has 2 rings (SSSR count). The molecule has 19 heavy (non-hydrogen) atoms. The normalized spacial score (nSPS) is 23.4. The number of methoxy groups -OCH3 is 1. The van der Waals surface area contributed by atoms with Gasteiger partial charge in [0.25, 0.3) is 5.91 Å². The molecule has 1 aromatic carbocycles. The fourth-order valence-electron chi connectivity index (χ4n) is 2.57. The Morgan fingerprint density at radius 3 is 2.89 bits per heavy atom. The molecule has 4 nitrogen and oxygen atoms in total. The number of anilines is 1. The van der Waals surface area contributed by atoms with Gasteiger partial charge in [0.1, 0.15) is 0 Å². The van der Waals surface area contributed by atoms with Crippen molar-refractivity contribution < 1.29 is 9.53 Å². The molecule has 0 radical (unpaired) electrons. The second-order valence-corrected chi connectivity index (χ2v) is 5.37. The number of rotatable bonds is 2. The molecule has 1 saturated heterocycles. The van der Waals surface area contributed by atoms with Crippen LogP contribution in [0.5, 0.6) is 0 Å². The van der Waals surface area contributed by atoms with Crippen LogP contribution in [0.1, 0.15) is 29.3 Å². The molecule has 0 spiro atoms. The minimum Gasteiger partial charge on any atom is -0.399 e. The highest BCUT2D eigenvalue weighted by Gasteiger charge is 2.29. The number of benzene rings is 1. The lowest BCUT2D eigenvalue weighted by atomic mass is 9.95. The number of carbonyl (C=O) groups excluding carboxylic acids is 1. The molecule has 1 aliphatic heterocycles. The summed E-state index contributed by atoms with van der Waals surface area (Å²) < 4.78 is 5.46. The van der Waals surface area contributed by atoms with Crippen LogP contribution in [0.15, 0.2) is 18.2 Å². The first-order valence-corrected chi connectivity index (χ1v) is 6.71.